The van der Waals surface area contributed by atoms with E-state index < -0.39 is 52.6 Å². The first-order valence-electron chi connectivity index (χ1n) is 14.3. The second kappa shape index (κ2) is 12.9. The molecule has 1 aromatic carbocycles. The van der Waals surface area contributed by atoms with E-state index in [9.17, 15) is 18.0 Å². The van der Waals surface area contributed by atoms with Gasteiger partial charge in [-0.15, -0.1) is 0 Å². The Morgan fingerprint density at radius 2 is 1.62 bits per heavy atom. The van der Waals surface area contributed by atoms with Crippen LogP contribution >= 0.6 is 0 Å². The van der Waals surface area contributed by atoms with E-state index in [0.29, 0.717) is 36.2 Å². The zero-order valence-electron chi connectivity index (χ0n) is 27.7. The van der Waals surface area contributed by atoms with Crippen LogP contribution < -0.4 is 4.74 Å². The fraction of sp³-hybridized carbons (Fsp3) is 0.733. The predicted octanol–water partition coefficient (Wildman–Crippen LogP) is 5.41. The summed E-state index contributed by atoms with van der Waals surface area (Å²) in [6, 6.07) is 3.56. The molecule has 1 aliphatic heterocycles. The highest BCUT2D eigenvalue weighted by Crippen LogP contribution is 2.48. The highest BCUT2D eigenvalue weighted by Gasteiger charge is 2.49. The van der Waals surface area contributed by atoms with E-state index in [1.807, 2.05) is 6.92 Å². The molecule has 0 saturated carbocycles. The van der Waals surface area contributed by atoms with E-state index in [4.69, 9.17) is 23.4 Å². The highest BCUT2D eigenvalue weighted by atomic mass is 32.2. The van der Waals surface area contributed by atoms with Gasteiger partial charge in [0.15, 0.2) is 15.1 Å². The third-order valence-electron chi connectivity index (χ3n) is 8.50. The molecule has 1 aromatic rings. The summed E-state index contributed by atoms with van der Waals surface area (Å²) in [5, 5.41) is -1.07. The zero-order valence-corrected chi connectivity index (χ0v) is 29.5. The molecule has 42 heavy (non-hydrogen) atoms. The fourth-order valence-corrected chi connectivity index (χ4v) is 8.44. The molecule has 0 amide bonds. The van der Waals surface area contributed by atoms with E-state index in [-0.39, 0.29) is 17.6 Å². The number of ether oxygens (including phenoxy) is 4. The molecule has 0 bridgehead atoms. The molecule has 0 unspecified atom stereocenters. The maximum Gasteiger partial charge on any atom is 0.315 e. The van der Waals surface area contributed by atoms with Crippen molar-refractivity contribution in [3.8, 4) is 5.75 Å². The molecule has 1 saturated heterocycles. The third-order valence-corrected chi connectivity index (χ3v) is 15.4. The Balaban J connectivity index is 3.06. The Hall–Kier alpha value is -1.99. The summed E-state index contributed by atoms with van der Waals surface area (Å²) in [5.41, 5.74) is -1.02. The number of carbonyl (C=O) groups is 2. The third kappa shape index (κ3) is 7.38. The van der Waals surface area contributed by atoms with Crippen LogP contribution in [-0.2, 0) is 49.3 Å². The standard InChI is InChI=1S/C30H51NO9SSi/c1-14-31-16-15-24(41(31,34)35)25(40-42(12,13)28(3,4)5)21-17-22(29(6,7)27(33)37-11)26(38-19-36-10)23(18-21)30(8,9)39-20(2)32/h17-18,24-25H,14-16,19H2,1-13H3/t24-,25-/m1/s1. The topological polar surface area (TPSA) is 118 Å². The van der Waals surface area contributed by atoms with Crippen molar-refractivity contribution in [1.29, 1.82) is 0 Å². The van der Waals surface area contributed by atoms with Crippen molar-refractivity contribution in [3.63, 3.8) is 0 Å². The molecule has 1 heterocycles. The van der Waals surface area contributed by atoms with Gasteiger partial charge in [-0.3, -0.25) is 9.59 Å². The van der Waals surface area contributed by atoms with Gasteiger partial charge in [-0.1, -0.05) is 27.7 Å². The molecule has 0 aromatic heterocycles. The molecule has 240 valence electrons. The smallest absolute Gasteiger partial charge is 0.315 e. The second-order valence-electron chi connectivity index (χ2n) is 13.4. The lowest BCUT2D eigenvalue weighted by atomic mass is 9.79. The van der Waals surface area contributed by atoms with E-state index in [1.54, 1.807) is 39.8 Å². The Morgan fingerprint density at radius 1 is 1.05 bits per heavy atom. The minimum Gasteiger partial charge on any atom is -0.468 e. The van der Waals surface area contributed by atoms with Gasteiger partial charge in [0.05, 0.1) is 18.6 Å². The second-order valence-corrected chi connectivity index (χ2v) is 20.3. The number of methoxy groups -OCH3 is 2. The number of hydrogen-bond donors (Lipinski definition) is 0. The van der Waals surface area contributed by atoms with Gasteiger partial charge in [-0.2, -0.15) is 0 Å². The van der Waals surface area contributed by atoms with Crippen LogP contribution in [0.15, 0.2) is 12.1 Å². The van der Waals surface area contributed by atoms with Crippen molar-refractivity contribution < 1.29 is 41.4 Å². The van der Waals surface area contributed by atoms with Gasteiger partial charge in [0, 0.05) is 38.2 Å². The van der Waals surface area contributed by atoms with Crippen LogP contribution in [0.25, 0.3) is 0 Å². The van der Waals surface area contributed by atoms with Crippen LogP contribution in [0.5, 0.6) is 5.75 Å². The van der Waals surface area contributed by atoms with Crippen LogP contribution in [0.2, 0.25) is 18.1 Å². The van der Waals surface area contributed by atoms with Gasteiger partial charge in [-0.05, 0) is 69.9 Å². The van der Waals surface area contributed by atoms with Gasteiger partial charge in [0.2, 0.25) is 10.0 Å². The number of rotatable bonds is 12. The minimum atomic E-state index is -3.70. The molecule has 2 atom stereocenters. The largest absolute Gasteiger partial charge is 0.468 e. The SMILES string of the molecule is CCN1CC[C@H]([C@H](O[Si](C)(C)C(C)(C)C)c2cc(C(C)(C)OC(C)=O)c(OCOC)c(C(C)(C)C(=O)OC)c2)S1(=O)=O. The predicted molar refractivity (Wildman–Crippen MR) is 164 cm³/mol. The van der Waals surface area contributed by atoms with Crippen LogP contribution in [0.4, 0.5) is 0 Å². The van der Waals surface area contributed by atoms with Crippen molar-refractivity contribution in [2.75, 3.05) is 34.1 Å². The van der Waals surface area contributed by atoms with Crippen molar-refractivity contribution >= 4 is 30.3 Å². The lowest BCUT2D eigenvalue weighted by Gasteiger charge is -2.41. The van der Waals surface area contributed by atoms with Crippen LogP contribution in [0.1, 0.15) is 91.5 Å². The fourth-order valence-electron chi connectivity index (χ4n) is 5.02. The lowest BCUT2D eigenvalue weighted by Crippen LogP contribution is -2.45. The summed E-state index contributed by atoms with van der Waals surface area (Å²) >= 11 is 0. The maximum atomic E-state index is 13.8. The van der Waals surface area contributed by atoms with Crippen LogP contribution in [0.3, 0.4) is 0 Å². The summed E-state index contributed by atoms with van der Waals surface area (Å²) in [4.78, 5) is 25.4. The number of carbonyl (C=O) groups excluding carboxylic acids is 2. The van der Waals surface area contributed by atoms with Gasteiger partial charge < -0.3 is 23.4 Å². The molecular weight excluding hydrogens is 578 g/mol. The monoisotopic (exact) mass is 629 g/mol. The molecule has 0 aliphatic carbocycles. The number of sulfonamides is 1. The average molecular weight is 630 g/mol. The normalized spacial score (nSPS) is 18.9. The molecule has 1 aliphatic rings. The van der Waals surface area contributed by atoms with Crippen molar-refractivity contribution in [1.82, 2.24) is 4.31 Å². The van der Waals surface area contributed by atoms with E-state index in [0.717, 1.165) is 0 Å². The molecule has 0 radical (unpaired) electrons. The van der Waals surface area contributed by atoms with Gasteiger partial charge in [0.25, 0.3) is 0 Å². The van der Waals surface area contributed by atoms with Gasteiger partial charge in [0.1, 0.15) is 16.6 Å². The zero-order chi connectivity index (χ0) is 32.5. The van der Waals surface area contributed by atoms with E-state index in [1.165, 1.54) is 25.4 Å². The summed E-state index contributed by atoms with van der Waals surface area (Å²) in [6.07, 6.45) is -0.474. The molecule has 10 nitrogen and oxygen atoms in total. The van der Waals surface area contributed by atoms with Gasteiger partial charge in [-0.25, -0.2) is 12.7 Å². The number of hydrogen-bond acceptors (Lipinski definition) is 9. The first kappa shape index (κ1) is 36.2. The molecular formula is C30H51NO9SSi. The van der Waals surface area contributed by atoms with Gasteiger partial charge >= 0.3 is 11.9 Å². The molecule has 1 fully saturated rings. The Labute approximate surface area is 253 Å². The number of nitrogens with zero attached hydrogens (tertiary/aromatic N) is 1. The van der Waals surface area contributed by atoms with Crippen molar-refractivity contribution in [2.45, 2.75) is 109 Å². The Morgan fingerprint density at radius 3 is 2.07 bits per heavy atom. The quantitative estimate of drug-likeness (QED) is 0.170. The lowest BCUT2D eigenvalue weighted by molar-refractivity contribution is -0.155. The Bertz CT molecular complexity index is 1250. The molecule has 0 spiro atoms. The highest BCUT2D eigenvalue weighted by molar-refractivity contribution is 7.90. The molecule has 0 N–H and O–H groups in total. The van der Waals surface area contributed by atoms with Crippen molar-refractivity contribution in [2.24, 2.45) is 0 Å². The molecule has 2 rings (SSSR count). The first-order chi connectivity index (χ1) is 19.1. The number of benzene rings is 1. The summed E-state index contributed by atoms with van der Waals surface area (Å²) < 4.78 is 58.3. The first-order valence-corrected chi connectivity index (χ1v) is 18.7. The van der Waals surface area contributed by atoms with Crippen molar-refractivity contribution in [3.05, 3.63) is 28.8 Å². The average Bonchev–Trinajstić information content (AvgIpc) is 3.16. The van der Waals surface area contributed by atoms with E-state index in [2.05, 4.69) is 33.9 Å². The summed E-state index contributed by atoms with van der Waals surface area (Å²) in [6.45, 7) is 21.1. The van der Waals surface area contributed by atoms with Crippen LogP contribution in [-0.4, -0.2) is 72.3 Å². The summed E-state index contributed by atoms with van der Waals surface area (Å²) in [5.74, 6) is -0.744. The minimum absolute atomic E-state index is 0.140. The Kier molecular flexibility index (Phi) is 11.1. The summed E-state index contributed by atoms with van der Waals surface area (Å²) in [7, 11) is -3.46. The number of esters is 2. The van der Waals surface area contributed by atoms with Crippen LogP contribution in [0, 0.1) is 0 Å². The maximum absolute atomic E-state index is 13.8. The van der Waals surface area contributed by atoms with E-state index >= 15 is 0 Å². The molecule has 12 heteroatoms.